The van der Waals surface area contributed by atoms with E-state index in [1.54, 1.807) is 12.1 Å². The number of rotatable bonds is 4. The molecule has 0 radical (unpaired) electrons. The number of H-pyrrole nitrogens is 1. The Bertz CT molecular complexity index is 1060. The molecular weight excluding hydrogens is 371 g/mol. The SMILES string of the molecule is Cc1ccc(C)c2[nH]c(=O)c(CCNC(=O)c3cc(Cl)ccc3Cl)cc12. The molecule has 6 heteroatoms. The number of carbonyl (C=O) groups excluding carboxylic acids is 1. The molecule has 3 rings (SSSR count). The normalized spacial score (nSPS) is 10.9. The first-order chi connectivity index (χ1) is 12.4. The molecule has 0 spiro atoms. The maximum absolute atomic E-state index is 12.3. The summed E-state index contributed by atoms with van der Waals surface area (Å²) in [6.07, 6.45) is 0.419. The summed E-state index contributed by atoms with van der Waals surface area (Å²) in [4.78, 5) is 27.5. The molecule has 4 nitrogen and oxygen atoms in total. The van der Waals surface area contributed by atoms with Gasteiger partial charge in [-0.2, -0.15) is 0 Å². The number of benzene rings is 2. The quantitative estimate of drug-likeness (QED) is 0.694. The minimum atomic E-state index is -0.318. The van der Waals surface area contributed by atoms with Gasteiger partial charge in [-0.05, 0) is 55.7 Å². The van der Waals surface area contributed by atoms with Crippen LogP contribution in [0.3, 0.4) is 0 Å². The maximum Gasteiger partial charge on any atom is 0.252 e. The van der Waals surface area contributed by atoms with Crippen molar-refractivity contribution in [2.45, 2.75) is 20.3 Å². The first-order valence-electron chi connectivity index (χ1n) is 8.22. The molecule has 134 valence electrons. The minimum Gasteiger partial charge on any atom is -0.352 e. The highest BCUT2D eigenvalue weighted by Crippen LogP contribution is 2.21. The maximum atomic E-state index is 12.3. The van der Waals surface area contributed by atoms with Crippen molar-refractivity contribution in [1.82, 2.24) is 10.3 Å². The van der Waals surface area contributed by atoms with Gasteiger partial charge in [-0.25, -0.2) is 0 Å². The van der Waals surface area contributed by atoms with E-state index in [2.05, 4.69) is 10.3 Å². The van der Waals surface area contributed by atoms with Gasteiger partial charge in [0.05, 0.1) is 16.1 Å². The number of pyridine rings is 1. The Balaban J connectivity index is 1.77. The lowest BCUT2D eigenvalue weighted by atomic mass is 10.0. The lowest BCUT2D eigenvalue weighted by Crippen LogP contribution is -2.27. The second kappa shape index (κ2) is 7.52. The fourth-order valence-corrected chi connectivity index (χ4v) is 3.26. The Labute approximate surface area is 161 Å². The number of amides is 1. The van der Waals surface area contributed by atoms with Crippen LogP contribution < -0.4 is 10.9 Å². The van der Waals surface area contributed by atoms with Crippen LogP contribution in [0.15, 0.2) is 41.2 Å². The van der Waals surface area contributed by atoms with Crippen molar-refractivity contribution in [3.63, 3.8) is 0 Å². The van der Waals surface area contributed by atoms with E-state index in [4.69, 9.17) is 23.2 Å². The minimum absolute atomic E-state index is 0.138. The smallest absolute Gasteiger partial charge is 0.252 e. The first kappa shape index (κ1) is 18.5. The molecule has 26 heavy (non-hydrogen) atoms. The van der Waals surface area contributed by atoms with Crippen LogP contribution in [0.4, 0.5) is 0 Å². The highest BCUT2D eigenvalue weighted by Gasteiger charge is 2.12. The summed E-state index contributed by atoms with van der Waals surface area (Å²) in [5.74, 6) is -0.318. The molecule has 0 saturated heterocycles. The molecule has 0 fully saturated rings. The van der Waals surface area contributed by atoms with Gasteiger partial charge in [0.15, 0.2) is 0 Å². The number of aromatic nitrogens is 1. The van der Waals surface area contributed by atoms with Crippen LogP contribution >= 0.6 is 23.2 Å². The number of fused-ring (bicyclic) bond motifs is 1. The molecule has 0 unspecified atom stereocenters. The molecule has 3 aromatic rings. The highest BCUT2D eigenvalue weighted by atomic mass is 35.5. The summed E-state index contributed by atoms with van der Waals surface area (Å²) in [5, 5.41) is 4.58. The van der Waals surface area contributed by atoms with Gasteiger partial charge in [0.25, 0.3) is 11.5 Å². The van der Waals surface area contributed by atoms with Crippen molar-refractivity contribution in [2.24, 2.45) is 0 Å². The third kappa shape index (κ3) is 3.76. The molecule has 0 bridgehead atoms. The van der Waals surface area contributed by atoms with Crippen molar-refractivity contribution < 1.29 is 4.79 Å². The van der Waals surface area contributed by atoms with E-state index in [1.165, 1.54) is 6.07 Å². The molecule has 1 aromatic heterocycles. The summed E-state index contributed by atoms with van der Waals surface area (Å²) in [6, 6.07) is 10.6. The molecular formula is C20H18Cl2N2O2. The summed E-state index contributed by atoms with van der Waals surface area (Å²) in [7, 11) is 0. The Kier molecular flexibility index (Phi) is 5.35. The topological polar surface area (TPSA) is 62.0 Å². The number of hydrogen-bond acceptors (Lipinski definition) is 2. The van der Waals surface area contributed by atoms with Crippen molar-refractivity contribution in [3.05, 3.63) is 79.1 Å². The number of hydrogen-bond donors (Lipinski definition) is 2. The van der Waals surface area contributed by atoms with E-state index in [9.17, 15) is 9.59 Å². The van der Waals surface area contributed by atoms with Crippen LogP contribution in [0, 0.1) is 13.8 Å². The number of aromatic amines is 1. The number of aryl methyl sites for hydroxylation is 2. The lowest BCUT2D eigenvalue weighted by Gasteiger charge is -2.09. The predicted molar refractivity (Wildman–Crippen MR) is 107 cm³/mol. The zero-order valence-corrected chi connectivity index (χ0v) is 16.0. The van der Waals surface area contributed by atoms with Crippen LogP contribution in [-0.4, -0.2) is 17.4 Å². The third-order valence-corrected chi connectivity index (χ3v) is 4.94. The fourth-order valence-electron chi connectivity index (χ4n) is 2.88. The second-order valence-electron chi connectivity index (χ2n) is 6.24. The average Bonchev–Trinajstić information content (AvgIpc) is 2.61. The van der Waals surface area contributed by atoms with E-state index in [-0.39, 0.29) is 11.5 Å². The summed E-state index contributed by atoms with van der Waals surface area (Å²) >= 11 is 11.9. The summed E-state index contributed by atoms with van der Waals surface area (Å²) < 4.78 is 0. The van der Waals surface area contributed by atoms with Gasteiger partial charge in [-0.3, -0.25) is 9.59 Å². The Morgan fingerprint density at radius 1 is 1.08 bits per heavy atom. The zero-order chi connectivity index (χ0) is 18.8. The van der Waals surface area contributed by atoms with Gasteiger partial charge >= 0.3 is 0 Å². The fraction of sp³-hybridized carbons (Fsp3) is 0.200. The molecule has 0 aliphatic heterocycles. The molecule has 0 atom stereocenters. The first-order valence-corrected chi connectivity index (χ1v) is 8.98. The van der Waals surface area contributed by atoms with Gasteiger partial charge < -0.3 is 10.3 Å². The van der Waals surface area contributed by atoms with Gasteiger partial charge in [0.2, 0.25) is 0 Å². The van der Waals surface area contributed by atoms with Gasteiger partial charge in [-0.1, -0.05) is 35.3 Å². The van der Waals surface area contributed by atoms with Crippen molar-refractivity contribution in [2.75, 3.05) is 6.54 Å². The summed E-state index contributed by atoms with van der Waals surface area (Å²) in [5.41, 5.74) is 3.78. The van der Waals surface area contributed by atoms with E-state index in [0.29, 0.717) is 34.1 Å². The monoisotopic (exact) mass is 388 g/mol. The standard InChI is InChI=1S/C20H18Cl2N2O2/c1-11-3-4-12(2)18-15(11)9-13(19(25)24-18)7-8-23-20(26)16-10-14(21)5-6-17(16)22/h3-6,9-10H,7-8H2,1-2H3,(H,23,26)(H,24,25). The third-order valence-electron chi connectivity index (χ3n) is 4.37. The zero-order valence-electron chi connectivity index (χ0n) is 14.5. The Hall–Kier alpha value is -2.30. The molecule has 0 saturated carbocycles. The lowest BCUT2D eigenvalue weighted by molar-refractivity contribution is 0.0954. The average molecular weight is 389 g/mol. The molecule has 1 heterocycles. The number of carbonyl (C=O) groups is 1. The van der Waals surface area contributed by atoms with Crippen molar-refractivity contribution in [3.8, 4) is 0 Å². The van der Waals surface area contributed by atoms with Gasteiger partial charge in [0, 0.05) is 22.5 Å². The molecule has 2 aromatic carbocycles. The summed E-state index contributed by atoms with van der Waals surface area (Å²) in [6.45, 7) is 4.29. The van der Waals surface area contributed by atoms with Gasteiger partial charge in [-0.15, -0.1) is 0 Å². The van der Waals surface area contributed by atoms with Crippen molar-refractivity contribution in [1.29, 1.82) is 0 Å². The van der Waals surface area contributed by atoms with E-state index >= 15 is 0 Å². The Morgan fingerprint density at radius 2 is 1.81 bits per heavy atom. The molecule has 0 aliphatic rings. The molecule has 0 aliphatic carbocycles. The predicted octanol–water partition coefficient (Wildman–Crippen LogP) is 4.42. The largest absolute Gasteiger partial charge is 0.352 e. The number of nitrogens with one attached hydrogen (secondary N) is 2. The molecule has 2 N–H and O–H groups in total. The van der Waals surface area contributed by atoms with Crippen LogP contribution in [0.2, 0.25) is 10.0 Å². The second-order valence-corrected chi connectivity index (χ2v) is 7.09. The van der Waals surface area contributed by atoms with Crippen LogP contribution in [-0.2, 0) is 6.42 Å². The van der Waals surface area contributed by atoms with E-state index in [0.717, 1.165) is 22.0 Å². The van der Waals surface area contributed by atoms with Crippen LogP contribution in [0.5, 0.6) is 0 Å². The van der Waals surface area contributed by atoms with Crippen LogP contribution in [0.25, 0.3) is 10.9 Å². The van der Waals surface area contributed by atoms with Crippen molar-refractivity contribution >= 4 is 40.0 Å². The van der Waals surface area contributed by atoms with E-state index < -0.39 is 0 Å². The highest BCUT2D eigenvalue weighted by molar-refractivity contribution is 6.35. The molecule has 1 amide bonds. The number of halogens is 2. The Morgan fingerprint density at radius 3 is 2.58 bits per heavy atom. The van der Waals surface area contributed by atoms with E-state index in [1.807, 2.05) is 32.0 Å². The van der Waals surface area contributed by atoms with Crippen LogP contribution in [0.1, 0.15) is 27.0 Å². The van der Waals surface area contributed by atoms with Gasteiger partial charge in [0.1, 0.15) is 0 Å².